The van der Waals surface area contributed by atoms with E-state index in [1.165, 1.54) is 0 Å². The highest BCUT2D eigenvalue weighted by Gasteiger charge is 2.36. The lowest BCUT2D eigenvalue weighted by Crippen LogP contribution is -2.31. The third kappa shape index (κ3) is 5.73. The SMILES string of the molecule is O=C(O)CC1CCC2CC(c3cnc(NC(=O)Nc4cccc(Cl)c4)cn3)CCC2C1. The predicted octanol–water partition coefficient (Wildman–Crippen LogP) is 5.55. The zero-order chi connectivity index (χ0) is 21.8. The van der Waals surface area contributed by atoms with Gasteiger partial charge in [-0.05, 0) is 74.5 Å². The lowest BCUT2D eigenvalue weighted by molar-refractivity contribution is -0.138. The number of halogens is 1. The molecular formula is C23H27ClN4O3. The number of carbonyl (C=O) groups is 2. The molecule has 2 aromatic rings. The lowest BCUT2D eigenvalue weighted by atomic mass is 9.64. The van der Waals surface area contributed by atoms with E-state index in [0.29, 0.717) is 46.6 Å². The molecule has 2 fully saturated rings. The minimum absolute atomic E-state index is 0.303. The second kappa shape index (κ2) is 9.64. The molecule has 0 bridgehead atoms. The van der Waals surface area contributed by atoms with Gasteiger partial charge >= 0.3 is 12.0 Å². The van der Waals surface area contributed by atoms with Crippen LogP contribution >= 0.6 is 11.6 Å². The summed E-state index contributed by atoms with van der Waals surface area (Å²) in [5.74, 6) is 1.71. The number of carbonyl (C=O) groups excluding carboxylic acids is 1. The summed E-state index contributed by atoms with van der Waals surface area (Å²) in [5, 5.41) is 15.0. The van der Waals surface area contributed by atoms with Crippen LogP contribution in [-0.4, -0.2) is 27.1 Å². The Bertz CT molecular complexity index is 937. The number of amides is 2. The number of carboxylic acids is 1. The van der Waals surface area contributed by atoms with Crippen molar-refractivity contribution in [3.63, 3.8) is 0 Å². The van der Waals surface area contributed by atoms with Crippen molar-refractivity contribution in [2.24, 2.45) is 17.8 Å². The van der Waals surface area contributed by atoms with Crippen LogP contribution in [0.1, 0.15) is 56.6 Å². The summed E-state index contributed by atoms with van der Waals surface area (Å²) >= 11 is 5.93. The van der Waals surface area contributed by atoms with Crippen LogP contribution in [-0.2, 0) is 4.79 Å². The maximum Gasteiger partial charge on any atom is 0.324 e. The van der Waals surface area contributed by atoms with Crippen LogP contribution in [0.5, 0.6) is 0 Å². The van der Waals surface area contributed by atoms with E-state index in [1.54, 1.807) is 36.7 Å². The molecule has 4 atom stereocenters. The number of urea groups is 1. The van der Waals surface area contributed by atoms with Crippen LogP contribution in [0.15, 0.2) is 36.7 Å². The fraction of sp³-hybridized carbons (Fsp3) is 0.478. The van der Waals surface area contributed by atoms with Crippen LogP contribution in [0.25, 0.3) is 0 Å². The summed E-state index contributed by atoms with van der Waals surface area (Å²) in [6.07, 6.45) is 10.1. The van der Waals surface area contributed by atoms with Gasteiger partial charge in [-0.3, -0.25) is 15.1 Å². The Hall–Kier alpha value is -2.67. The number of carboxylic acid groups (broad SMARTS) is 1. The first-order chi connectivity index (χ1) is 15.0. The standard InChI is InChI=1S/C23H27ClN4O3/c24-18-2-1-3-19(11-18)27-23(31)28-21-13-25-20(12-26-21)17-7-6-15-8-14(9-22(29)30)4-5-16(15)10-17/h1-3,11-17H,4-10H2,(H,29,30)(H2,26,27,28,31). The summed E-state index contributed by atoms with van der Waals surface area (Å²) in [7, 11) is 0. The van der Waals surface area contributed by atoms with Gasteiger partial charge in [0.25, 0.3) is 0 Å². The average Bonchev–Trinajstić information content (AvgIpc) is 2.73. The third-order valence-corrected chi connectivity index (χ3v) is 6.83. The van der Waals surface area contributed by atoms with Gasteiger partial charge in [0.15, 0.2) is 5.82 Å². The van der Waals surface area contributed by atoms with Gasteiger partial charge in [-0.1, -0.05) is 17.7 Å². The number of nitrogens with zero attached hydrogens (tertiary/aromatic N) is 2. The summed E-state index contributed by atoms with van der Waals surface area (Å²) < 4.78 is 0. The van der Waals surface area contributed by atoms with Crippen LogP contribution in [0.2, 0.25) is 5.02 Å². The van der Waals surface area contributed by atoms with Gasteiger partial charge in [-0.2, -0.15) is 0 Å². The summed E-state index contributed by atoms with van der Waals surface area (Å²) in [4.78, 5) is 32.1. The number of benzene rings is 1. The normalized spacial score (nSPS) is 25.3. The third-order valence-electron chi connectivity index (χ3n) is 6.60. The highest BCUT2D eigenvalue weighted by Crippen LogP contribution is 2.47. The number of anilines is 2. The molecule has 0 aliphatic heterocycles. The predicted molar refractivity (Wildman–Crippen MR) is 119 cm³/mol. The van der Waals surface area contributed by atoms with Gasteiger partial charge in [-0.15, -0.1) is 0 Å². The second-order valence-corrected chi connectivity index (χ2v) is 9.16. The zero-order valence-electron chi connectivity index (χ0n) is 17.3. The quantitative estimate of drug-likeness (QED) is 0.563. The van der Waals surface area contributed by atoms with Crippen molar-refractivity contribution in [2.75, 3.05) is 10.6 Å². The van der Waals surface area contributed by atoms with Crippen LogP contribution in [0.4, 0.5) is 16.3 Å². The maximum atomic E-state index is 12.2. The van der Waals surface area contributed by atoms with Crippen molar-refractivity contribution in [2.45, 2.75) is 50.9 Å². The lowest BCUT2D eigenvalue weighted by Gasteiger charge is -2.41. The number of aliphatic carboxylic acids is 1. The molecule has 2 aliphatic carbocycles. The fourth-order valence-electron chi connectivity index (χ4n) is 5.15. The van der Waals surface area contributed by atoms with E-state index in [-0.39, 0.29) is 0 Å². The molecule has 0 saturated heterocycles. The number of hydrogen-bond acceptors (Lipinski definition) is 4. The largest absolute Gasteiger partial charge is 0.481 e. The molecule has 7 nitrogen and oxygen atoms in total. The molecule has 4 rings (SSSR count). The Labute approximate surface area is 186 Å². The van der Waals surface area contributed by atoms with Crippen molar-refractivity contribution >= 4 is 35.1 Å². The van der Waals surface area contributed by atoms with E-state index in [4.69, 9.17) is 16.7 Å². The molecule has 164 valence electrons. The molecule has 1 heterocycles. The highest BCUT2D eigenvalue weighted by molar-refractivity contribution is 6.30. The van der Waals surface area contributed by atoms with Gasteiger partial charge in [0.05, 0.1) is 18.1 Å². The number of aromatic nitrogens is 2. The number of nitrogens with one attached hydrogen (secondary N) is 2. The molecule has 1 aromatic heterocycles. The first-order valence-corrected chi connectivity index (χ1v) is 11.2. The minimum Gasteiger partial charge on any atom is -0.481 e. The Morgan fingerprint density at radius 3 is 2.58 bits per heavy atom. The topological polar surface area (TPSA) is 104 Å². The van der Waals surface area contributed by atoms with Crippen molar-refractivity contribution in [3.05, 3.63) is 47.4 Å². The monoisotopic (exact) mass is 442 g/mol. The van der Waals surface area contributed by atoms with Gasteiger partial charge in [0, 0.05) is 23.0 Å². The summed E-state index contributed by atoms with van der Waals surface area (Å²) in [5.41, 5.74) is 1.57. The van der Waals surface area contributed by atoms with Gasteiger partial charge in [0.2, 0.25) is 0 Å². The van der Waals surface area contributed by atoms with E-state index >= 15 is 0 Å². The Morgan fingerprint density at radius 2 is 1.84 bits per heavy atom. The first-order valence-electron chi connectivity index (χ1n) is 10.8. The molecule has 8 heteroatoms. The molecule has 1 aromatic carbocycles. The van der Waals surface area contributed by atoms with E-state index < -0.39 is 12.0 Å². The van der Waals surface area contributed by atoms with Crippen molar-refractivity contribution < 1.29 is 14.7 Å². The van der Waals surface area contributed by atoms with E-state index in [1.807, 2.05) is 0 Å². The molecule has 3 N–H and O–H groups in total. The summed E-state index contributed by atoms with van der Waals surface area (Å²) in [6.45, 7) is 0. The van der Waals surface area contributed by atoms with E-state index in [9.17, 15) is 9.59 Å². The fourth-order valence-corrected chi connectivity index (χ4v) is 5.34. The summed E-state index contributed by atoms with van der Waals surface area (Å²) in [6, 6.07) is 6.53. The van der Waals surface area contributed by atoms with Crippen LogP contribution < -0.4 is 10.6 Å². The smallest absolute Gasteiger partial charge is 0.324 e. The molecule has 2 amide bonds. The molecule has 2 saturated carbocycles. The van der Waals surface area contributed by atoms with Crippen molar-refractivity contribution in [3.8, 4) is 0 Å². The molecule has 4 unspecified atom stereocenters. The van der Waals surface area contributed by atoms with Crippen LogP contribution in [0.3, 0.4) is 0 Å². The Morgan fingerprint density at radius 1 is 1.03 bits per heavy atom. The Kier molecular flexibility index (Phi) is 6.70. The van der Waals surface area contributed by atoms with Crippen LogP contribution in [0, 0.1) is 17.8 Å². The molecule has 2 aliphatic rings. The van der Waals surface area contributed by atoms with Gasteiger partial charge in [0.1, 0.15) is 0 Å². The number of hydrogen-bond donors (Lipinski definition) is 3. The highest BCUT2D eigenvalue weighted by atomic mass is 35.5. The second-order valence-electron chi connectivity index (χ2n) is 8.72. The van der Waals surface area contributed by atoms with Gasteiger partial charge in [-0.25, -0.2) is 9.78 Å². The molecule has 0 spiro atoms. The maximum absolute atomic E-state index is 12.2. The van der Waals surface area contributed by atoms with Gasteiger partial charge < -0.3 is 10.4 Å². The van der Waals surface area contributed by atoms with E-state index in [0.717, 1.165) is 44.2 Å². The number of rotatable bonds is 5. The minimum atomic E-state index is -0.678. The zero-order valence-corrected chi connectivity index (χ0v) is 18.0. The molecule has 0 radical (unpaired) electrons. The Balaban J connectivity index is 1.30. The molecular weight excluding hydrogens is 416 g/mol. The number of fused-ring (bicyclic) bond motifs is 1. The average molecular weight is 443 g/mol. The molecule has 31 heavy (non-hydrogen) atoms. The first kappa shape index (κ1) is 21.6. The van der Waals surface area contributed by atoms with Crippen molar-refractivity contribution in [1.82, 2.24) is 9.97 Å². The van der Waals surface area contributed by atoms with Crippen molar-refractivity contribution in [1.29, 1.82) is 0 Å². The van der Waals surface area contributed by atoms with E-state index in [2.05, 4.69) is 20.6 Å².